The Balaban J connectivity index is 1.62. The van der Waals surface area contributed by atoms with Crippen LogP contribution in [0, 0.1) is 11.8 Å². The molecule has 1 saturated heterocycles. The Morgan fingerprint density at radius 1 is 1.24 bits per heavy atom. The van der Waals surface area contributed by atoms with Crippen molar-refractivity contribution in [3.63, 3.8) is 0 Å². The number of nitrogens with two attached hydrogens (primary N) is 1. The first-order valence-corrected chi connectivity index (χ1v) is 13.4. The van der Waals surface area contributed by atoms with E-state index in [1.165, 1.54) is 23.9 Å². The molecule has 5 atom stereocenters. The number of aliphatic hydroxyl groups excluding tert-OH is 2. The van der Waals surface area contributed by atoms with Gasteiger partial charge in [-0.05, 0) is 69.4 Å². The monoisotopic (exact) mass is 599 g/mol. The number of likely N-dealkylation sites (N-methyl/N-ethyl adjacent to an activating group) is 1. The fraction of sp³-hybridized carbons (Fsp3) is 0.519. The summed E-state index contributed by atoms with van der Waals surface area (Å²) in [6.07, 6.45) is -4.36. The van der Waals surface area contributed by atoms with Crippen molar-refractivity contribution < 1.29 is 48.0 Å². The van der Waals surface area contributed by atoms with Gasteiger partial charge in [0, 0.05) is 23.1 Å². The highest BCUT2D eigenvalue weighted by Gasteiger charge is 2.64. The van der Waals surface area contributed by atoms with Crippen LogP contribution in [0.15, 0.2) is 23.0 Å². The molecule has 0 radical (unpaired) electrons. The number of halogens is 4. The number of alkyl halides is 3. The molecule has 1 aromatic carbocycles. The van der Waals surface area contributed by atoms with Crippen molar-refractivity contribution in [2.75, 3.05) is 20.6 Å². The average molecular weight is 600 g/mol. The van der Waals surface area contributed by atoms with Crippen molar-refractivity contribution in [2.24, 2.45) is 17.6 Å². The molecule has 0 bridgehead atoms. The fourth-order valence-corrected chi connectivity index (χ4v) is 7.35. The van der Waals surface area contributed by atoms with Gasteiger partial charge in [-0.1, -0.05) is 11.6 Å². The first-order valence-electron chi connectivity index (χ1n) is 13.0. The summed E-state index contributed by atoms with van der Waals surface area (Å²) < 4.78 is 40.6. The smallest absolute Gasteiger partial charge is 0.404 e. The molecule has 2 fully saturated rings. The molecule has 14 heteroatoms. The second-order valence-corrected chi connectivity index (χ2v) is 11.7. The average Bonchev–Trinajstić information content (AvgIpc) is 3.33. The van der Waals surface area contributed by atoms with E-state index in [9.17, 15) is 48.0 Å². The van der Waals surface area contributed by atoms with Crippen molar-refractivity contribution in [1.29, 1.82) is 0 Å². The number of likely N-dealkylation sites (tertiary alicyclic amines) is 1. The number of hydrogen-bond donors (Lipinski definition) is 5. The quantitative estimate of drug-likeness (QED) is 0.326. The molecule has 4 aliphatic rings. The maximum atomic E-state index is 13.8. The van der Waals surface area contributed by atoms with Crippen LogP contribution in [-0.2, 0) is 27.3 Å². The second kappa shape index (κ2) is 9.72. The number of Topliss-reactive ketones (excluding diaryl/α,β-unsaturated/α-hetero) is 2. The number of phenols is 1. The minimum Gasteiger partial charge on any atom is -0.508 e. The van der Waals surface area contributed by atoms with Gasteiger partial charge in [-0.3, -0.25) is 24.2 Å². The van der Waals surface area contributed by atoms with E-state index in [0.717, 1.165) is 6.07 Å². The summed E-state index contributed by atoms with van der Waals surface area (Å²) in [5, 5.41) is 44.7. The molecule has 5 rings (SSSR count). The van der Waals surface area contributed by atoms with Gasteiger partial charge in [-0.25, -0.2) is 0 Å². The van der Waals surface area contributed by atoms with Gasteiger partial charge >= 0.3 is 6.18 Å². The van der Waals surface area contributed by atoms with E-state index in [1.807, 2.05) is 0 Å². The van der Waals surface area contributed by atoms with Crippen LogP contribution < -0.4 is 5.73 Å². The molecule has 1 amide bonds. The Kier molecular flexibility index (Phi) is 6.96. The Morgan fingerprint density at radius 2 is 1.90 bits per heavy atom. The Morgan fingerprint density at radius 3 is 2.49 bits per heavy atom. The molecule has 0 unspecified atom stereocenters. The molecule has 1 heterocycles. The van der Waals surface area contributed by atoms with Crippen molar-refractivity contribution in [3.05, 3.63) is 44.7 Å². The van der Waals surface area contributed by atoms with Crippen molar-refractivity contribution in [1.82, 2.24) is 9.80 Å². The van der Waals surface area contributed by atoms with E-state index in [-0.39, 0.29) is 59.6 Å². The minimum absolute atomic E-state index is 0.0205. The molecule has 0 aromatic heterocycles. The topological polar surface area (TPSA) is 165 Å². The summed E-state index contributed by atoms with van der Waals surface area (Å²) in [5.74, 6) is -7.93. The maximum absolute atomic E-state index is 13.8. The lowest BCUT2D eigenvalue weighted by Crippen LogP contribution is -2.65. The van der Waals surface area contributed by atoms with E-state index in [2.05, 4.69) is 0 Å². The van der Waals surface area contributed by atoms with Crippen molar-refractivity contribution in [2.45, 2.75) is 56.1 Å². The number of carbonyl (C=O) groups excluding carboxylic acids is 3. The van der Waals surface area contributed by atoms with Crippen molar-refractivity contribution >= 4 is 34.8 Å². The number of primary amides is 1. The van der Waals surface area contributed by atoms with Crippen molar-refractivity contribution in [3.8, 4) is 5.75 Å². The van der Waals surface area contributed by atoms with Crippen LogP contribution in [0.2, 0.25) is 5.02 Å². The number of carbonyl (C=O) groups is 3. The van der Waals surface area contributed by atoms with E-state index < -0.39 is 76.0 Å². The highest BCUT2D eigenvalue weighted by molar-refractivity contribution is 6.32. The van der Waals surface area contributed by atoms with E-state index in [1.54, 1.807) is 0 Å². The van der Waals surface area contributed by atoms with Gasteiger partial charge in [-0.15, -0.1) is 0 Å². The number of benzene rings is 1. The summed E-state index contributed by atoms with van der Waals surface area (Å²) in [5.41, 5.74) is 1.47. The Bertz CT molecular complexity index is 1440. The minimum atomic E-state index is -4.44. The highest BCUT2D eigenvalue weighted by atomic mass is 35.5. The summed E-state index contributed by atoms with van der Waals surface area (Å²) in [6.45, 7) is -0.0335. The van der Waals surface area contributed by atoms with Gasteiger partial charge < -0.3 is 26.2 Å². The van der Waals surface area contributed by atoms with Crippen LogP contribution in [0.4, 0.5) is 13.2 Å². The number of hydrogen-bond acceptors (Lipinski definition) is 9. The molecule has 1 aromatic rings. The zero-order valence-corrected chi connectivity index (χ0v) is 22.9. The Hall–Kier alpha value is -3.13. The largest absolute Gasteiger partial charge is 0.508 e. The van der Waals surface area contributed by atoms with Gasteiger partial charge in [0.2, 0.25) is 5.78 Å². The lowest BCUT2D eigenvalue weighted by atomic mass is 9.57. The van der Waals surface area contributed by atoms with Gasteiger partial charge in [0.25, 0.3) is 5.91 Å². The zero-order chi connectivity index (χ0) is 30.3. The second-order valence-electron chi connectivity index (χ2n) is 11.4. The number of phenolic OH excluding ortho intramolecular Hbond substituents is 1. The number of amides is 1. The normalized spacial score (nSPS) is 30.5. The molecule has 1 aliphatic heterocycles. The zero-order valence-electron chi connectivity index (χ0n) is 22.1. The maximum Gasteiger partial charge on any atom is 0.404 e. The predicted molar refractivity (Wildman–Crippen MR) is 139 cm³/mol. The first kappa shape index (κ1) is 29.4. The molecular weight excluding hydrogens is 571 g/mol. The van der Waals surface area contributed by atoms with E-state index >= 15 is 0 Å². The number of nitrogens with zero attached hydrogens (tertiary/aromatic N) is 2. The SMILES string of the molecule is CN(C)[C@@H]1C(=O)C(C(N)=O)=C(O)[C@@]2(O)C(=O)C3=C(O)c4c(O)cc(CN5CCC[C@H]5C(F)(F)F)c(Cl)c4C[C@H]3C[C@@H]12. The fourth-order valence-electron chi connectivity index (χ4n) is 7.07. The number of ketones is 2. The van der Waals surface area contributed by atoms with Gasteiger partial charge in [0.1, 0.15) is 28.9 Å². The lowest BCUT2D eigenvalue weighted by molar-refractivity contribution is -0.177. The standard InChI is InChI=1S/C27H29ClF3N3O7/c1-33(2)20-13-7-10-6-12-17(14(35)8-11(19(12)28)9-34-5-3-4-15(34)27(29,30)31)21(36)16(10)23(38)26(13,41)24(39)18(22(20)37)25(32)40/h8,10,13,15,20,35-36,39,41H,3-7,9H2,1-2H3,(H2,32,40)/t10-,13-,15-,20-,26-/m0/s1. The number of aliphatic hydroxyl groups is 3. The van der Waals surface area contributed by atoms with Crippen LogP contribution in [0.5, 0.6) is 5.75 Å². The van der Waals surface area contributed by atoms with Crippen LogP contribution >= 0.6 is 11.6 Å². The number of rotatable bonds is 4. The number of aromatic hydroxyl groups is 1. The molecular formula is C27H29ClF3N3O7. The van der Waals surface area contributed by atoms with Crippen LogP contribution in [-0.4, -0.2) is 92.2 Å². The molecule has 3 aliphatic carbocycles. The van der Waals surface area contributed by atoms with Crippen LogP contribution in [0.25, 0.3) is 5.76 Å². The summed E-state index contributed by atoms with van der Waals surface area (Å²) in [4.78, 5) is 41.7. The van der Waals surface area contributed by atoms with Crippen LogP contribution in [0.3, 0.4) is 0 Å². The molecule has 0 spiro atoms. The third-order valence-electron chi connectivity index (χ3n) is 8.84. The molecule has 41 heavy (non-hydrogen) atoms. The summed E-state index contributed by atoms with van der Waals surface area (Å²) in [7, 11) is 2.97. The third kappa shape index (κ3) is 4.24. The highest BCUT2D eigenvalue weighted by Crippen LogP contribution is 2.54. The Labute approximate surface area is 237 Å². The lowest BCUT2D eigenvalue weighted by Gasteiger charge is -2.50. The molecule has 6 N–H and O–H groups in total. The van der Waals surface area contributed by atoms with Gasteiger partial charge in [0.05, 0.1) is 11.6 Å². The van der Waals surface area contributed by atoms with E-state index in [4.69, 9.17) is 17.3 Å². The molecule has 1 saturated carbocycles. The first-order chi connectivity index (χ1) is 19.0. The summed E-state index contributed by atoms with van der Waals surface area (Å²) in [6, 6.07) is -1.76. The third-order valence-corrected chi connectivity index (χ3v) is 9.31. The van der Waals surface area contributed by atoms with Crippen LogP contribution in [0.1, 0.15) is 36.0 Å². The summed E-state index contributed by atoms with van der Waals surface area (Å²) >= 11 is 6.67. The molecule has 222 valence electrons. The van der Waals surface area contributed by atoms with Gasteiger partial charge in [-0.2, -0.15) is 13.2 Å². The molecule has 10 nitrogen and oxygen atoms in total. The predicted octanol–water partition coefficient (Wildman–Crippen LogP) is 2.14. The number of fused-ring (bicyclic) bond motifs is 3. The van der Waals surface area contributed by atoms with E-state index in [0.29, 0.717) is 6.42 Å². The van der Waals surface area contributed by atoms with Gasteiger partial charge in [0.15, 0.2) is 11.4 Å².